The normalized spacial score (nSPS) is 23.0. The second kappa shape index (κ2) is 6.55. The molecule has 0 atom stereocenters. The van der Waals surface area contributed by atoms with Crippen molar-refractivity contribution in [2.24, 2.45) is 5.92 Å². The van der Waals surface area contributed by atoms with Crippen LogP contribution in [-0.2, 0) is 10.0 Å². The predicted molar refractivity (Wildman–Crippen MR) is 74.1 cm³/mol. The zero-order valence-electron chi connectivity index (χ0n) is 12.1. The molecule has 2 rings (SSSR count). The minimum absolute atomic E-state index is 0.0565. The topological polar surface area (TPSA) is 57.6 Å². The maximum absolute atomic E-state index is 13.7. The van der Waals surface area contributed by atoms with E-state index in [1.807, 2.05) is 0 Å². The van der Waals surface area contributed by atoms with E-state index in [0.29, 0.717) is 31.7 Å². The Hall–Kier alpha value is -1.12. The molecular formula is C14H18F3NO3S. The standard InChI is InChI=1S/C14H18F3NO3S/c1-18(10-4-2-9(8-19)3-5-10)22(20,21)14-7-12(16)11(15)6-13(14)17/h6-7,9-10,19H,2-5,8H2,1H3. The number of sulfonamides is 1. The third kappa shape index (κ3) is 3.28. The van der Waals surface area contributed by atoms with Gasteiger partial charge in [-0.15, -0.1) is 0 Å². The SMILES string of the molecule is CN(C1CCC(CO)CC1)S(=O)(=O)c1cc(F)c(F)cc1F. The number of aliphatic hydroxyl groups is 1. The quantitative estimate of drug-likeness (QED) is 0.858. The molecule has 1 fully saturated rings. The number of nitrogens with zero attached hydrogens (tertiary/aromatic N) is 1. The average Bonchev–Trinajstić information content (AvgIpc) is 2.50. The van der Waals surface area contributed by atoms with Crippen LogP contribution >= 0.6 is 0 Å². The van der Waals surface area contributed by atoms with E-state index in [2.05, 4.69) is 0 Å². The van der Waals surface area contributed by atoms with Crippen molar-refractivity contribution >= 4 is 10.0 Å². The van der Waals surface area contributed by atoms with Gasteiger partial charge in [-0.05, 0) is 37.7 Å². The molecule has 1 aliphatic rings. The monoisotopic (exact) mass is 337 g/mol. The number of benzene rings is 1. The summed E-state index contributed by atoms with van der Waals surface area (Å²) in [6.45, 7) is 0.0565. The van der Waals surface area contributed by atoms with E-state index in [-0.39, 0.29) is 24.6 Å². The molecular weight excluding hydrogens is 319 g/mol. The van der Waals surface area contributed by atoms with Crippen LogP contribution in [0.1, 0.15) is 25.7 Å². The van der Waals surface area contributed by atoms with E-state index in [1.165, 1.54) is 7.05 Å². The molecule has 4 nitrogen and oxygen atoms in total. The fraction of sp³-hybridized carbons (Fsp3) is 0.571. The molecule has 1 aromatic carbocycles. The van der Waals surface area contributed by atoms with Crippen LogP contribution in [-0.4, -0.2) is 37.5 Å². The molecule has 22 heavy (non-hydrogen) atoms. The smallest absolute Gasteiger partial charge is 0.246 e. The Labute approximate surface area is 127 Å². The van der Waals surface area contributed by atoms with Gasteiger partial charge in [0.2, 0.25) is 10.0 Å². The van der Waals surface area contributed by atoms with Gasteiger partial charge < -0.3 is 5.11 Å². The lowest BCUT2D eigenvalue weighted by molar-refractivity contribution is 0.159. The van der Waals surface area contributed by atoms with Crippen molar-refractivity contribution in [3.63, 3.8) is 0 Å². The van der Waals surface area contributed by atoms with Crippen LogP contribution in [0.15, 0.2) is 17.0 Å². The fourth-order valence-corrected chi connectivity index (χ4v) is 4.22. The van der Waals surface area contributed by atoms with Crippen molar-refractivity contribution in [1.29, 1.82) is 0 Å². The summed E-state index contributed by atoms with van der Waals surface area (Å²) in [5.41, 5.74) is 0. The van der Waals surface area contributed by atoms with E-state index in [4.69, 9.17) is 5.11 Å². The summed E-state index contributed by atoms with van der Waals surface area (Å²) in [6, 6.07) is 0.259. The summed E-state index contributed by atoms with van der Waals surface area (Å²) in [7, 11) is -2.94. The molecule has 0 heterocycles. The second-order valence-corrected chi connectivity index (χ2v) is 7.54. The zero-order chi connectivity index (χ0) is 16.5. The Kier molecular flexibility index (Phi) is 5.14. The van der Waals surface area contributed by atoms with E-state index < -0.39 is 32.4 Å². The van der Waals surface area contributed by atoms with Gasteiger partial charge >= 0.3 is 0 Å². The molecule has 124 valence electrons. The highest BCUT2D eigenvalue weighted by molar-refractivity contribution is 7.89. The summed E-state index contributed by atoms with van der Waals surface area (Å²) in [6.07, 6.45) is 2.40. The second-order valence-electron chi connectivity index (χ2n) is 5.58. The number of aliphatic hydroxyl groups excluding tert-OH is 1. The van der Waals surface area contributed by atoms with Crippen molar-refractivity contribution in [2.75, 3.05) is 13.7 Å². The molecule has 0 aromatic heterocycles. The first-order chi connectivity index (χ1) is 10.3. The first-order valence-corrected chi connectivity index (χ1v) is 8.44. The van der Waals surface area contributed by atoms with Crippen LogP contribution in [0.2, 0.25) is 0 Å². The summed E-state index contributed by atoms with van der Waals surface area (Å²) < 4.78 is 65.7. The number of hydrogen-bond acceptors (Lipinski definition) is 3. The molecule has 0 bridgehead atoms. The van der Waals surface area contributed by atoms with Crippen molar-refractivity contribution in [3.8, 4) is 0 Å². The van der Waals surface area contributed by atoms with Gasteiger partial charge in [0.05, 0.1) is 0 Å². The highest BCUT2D eigenvalue weighted by Crippen LogP contribution is 2.30. The van der Waals surface area contributed by atoms with Crippen LogP contribution in [0.3, 0.4) is 0 Å². The minimum Gasteiger partial charge on any atom is -0.396 e. The minimum atomic E-state index is -4.24. The molecule has 0 saturated heterocycles. The molecule has 0 spiro atoms. The third-order valence-corrected chi connectivity index (χ3v) is 6.15. The Morgan fingerprint density at radius 1 is 1.09 bits per heavy atom. The van der Waals surface area contributed by atoms with Crippen LogP contribution < -0.4 is 0 Å². The number of halogens is 3. The van der Waals surface area contributed by atoms with Gasteiger partial charge in [0.1, 0.15) is 10.7 Å². The Morgan fingerprint density at radius 2 is 1.64 bits per heavy atom. The van der Waals surface area contributed by atoms with Crippen molar-refractivity contribution < 1.29 is 26.7 Å². The average molecular weight is 337 g/mol. The fourth-order valence-electron chi connectivity index (χ4n) is 2.74. The highest BCUT2D eigenvalue weighted by Gasteiger charge is 2.33. The van der Waals surface area contributed by atoms with Crippen LogP contribution in [0.5, 0.6) is 0 Å². The lowest BCUT2D eigenvalue weighted by atomic mass is 9.87. The van der Waals surface area contributed by atoms with Gasteiger partial charge in [0.25, 0.3) is 0 Å². The molecule has 1 N–H and O–H groups in total. The van der Waals surface area contributed by atoms with Crippen molar-refractivity contribution in [3.05, 3.63) is 29.6 Å². The van der Waals surface area contributed by atoms with Gasteiger partial charge in [-0.25, -0.2) is 21.6 Å². The Bertz CT molecular complexity index is 643. The first kappa shape index (κ1) is 17.2. The molecule has 8 heteroatoms. The van der Waals surface area contributed by atoms with E-state index >= 15 is 0 Å². The van der Waals surface area contributed by atoms with Crippen LogP contribution in [0.4, 0.5) is 13.2 Å². The van der Waals surface area contributed by atoms with Gasteiger partial charge in [0.15, 0.2) is 11.6 Å². The van der Waals surface area contributed by atoms with Gasteiger partial charge in [0, 0.05) is 25.8 Å². The lowest BCUT2D eigenvalue weighted by Gasteiger charge is -2.33. The maximum atomic E-state index is 13.7. The summed E-state index contributed by atoms with van der Waals surface area (Å²) in [4.78, 5) is -0.863. The van der Waals surface area contributed by atoms with Gasteiger partial charge in [-0.3, -0.25) is 0 Å². The Balaban J connectivity index is 2.25. The first-order valence-electron chi connectivity index (χ1n) is 7.00. The highest BCUT2D eigenvalue weighted by atomic mass is 32.2. The van der Waals surface area contributed by atoms with Crippen LogP contribution in [0, 0.1) is 23.4 Å². The predicted octanol–water partition coefficient (Wildman–Crippen LogP) is 2.28. The number of hydrogen-bond donors (Lipinski definition) is 1. The van der Waals surface area contributed by atoms with Gasteiger partial charge in [-0.2, -0.15) is 4.31 Å². The molecule has 0 aliphatic heterocycles. The molecule has 1 aromatic rings. The van der Waals surface area contributed by atoms with E-state index in [0.717, 1.165) is 4.31 Å². The van der Waals surface area contributed by atoms with Gasteiger partial charge in [-0.1, -0.05) is 0 Å². The van der Waals surface area contributed by atoms with Crippen molar-refractivity contribution in [2.45, 2.75) is 36.6 Å². The van der Waals surface area contributed by atoms with Crippen LogP contribution in [0.25, 0.3) is 0 Å². The summed E-state index contributed by atoms with van der Waals surface area (Å²) >= 11 is 0. The molecule has 0 unspecified atom stereocenters. The number of rotatable bonds is 4. The molecule has 0 amide bonds. The zero-order valence-corrected chi connectivity index (χ0v) is 12.9. The molecule has 1 aliphatic carbocycles. The Morgan fingerprint density at radius 3 is 2.18 bits per heavy atom. The summed E-state index contributed by atoms with van der Waals surface area (Å²) in [5, 5.41) is 9.09. The largest absolute Gasteiger partial charge is 0.396 e. The van der Waals surface area contributed by atoms with E-state index in [9.17, 15) is 21.6 Å². The summed E-state index contributed by atoms with van der Waals surface area (Å²) in [5.74, 6) is -4.00. The van der Waals surface area contributed by atoms with E-state index in [1.54, 1.807) is 0 Å². The maximum Gasteiger partial charge on any atom is 0.246 e. The van der Waals surface area contributed by atoms with Crippen molar-refractivity contribution in [1.82, 2.24) is 4.31 Å². The molecule has 0 radical (unpaired) electrons. The lowest BCUT2D eigenvalue weighted by Crippen LogP contribution is -2.40. The molecule has 1 saturated carbocycles. The third-order valence-electron chi connectivity index (χ3n) is 4.22.